The van der Waals surface area contributed by atoms with Gasteiger partial charge in [-0.2, -0.15) is 0 Å². The van der Waals surface area contributed by atoms with Gasteiger partial charge in [-0.25, -0.2) is 4.57 Å². The molecule has 0 saturated carbocycles. The van der Waals surface area contributed by atoms with E-state index in [9.17, 15) is 24.4 Å². The van der Waals surface area contributed by atoms with Crippen LogP contribution in [0.4, 0.5) is 0 Å². The van der Waals surface area contributed by atoms with Gasteiger partial charge < -0.3 is 29.5 Å². The number of esters is 2. The number of ether oxygens (including phenoxy) is 2. The van der Waals surface area contributed by atoms with Crippen LogP contribution in [0.3, 0.4) is 0 Å². The first kappa shape index (κ1) is 48.9. The number of carbonyl (C=O) groups excluding carboxylic acids is 2. The average molecular weight is 743 g/mol. The summed E-state index contributed by atoms with van der Waals surface area (Å²) in [7, 11) is -4.82. The van der Waals surface area contributed by atoms with E-state index in [0.717, 1.165) is 31.6 Å². The number of aliphatic hydroxyl groups is 2. The minimum atomic E-state index is -4.82. The first-order valence-corrected chi connectivity index (χ1v) is 21.1. The van der Waals surface area contributed by atoms with Crippen LogP contribution in [0.5, 0.6) is 0 Å². The molecule has 0 bridgehead atoms. The summed E-state index contributed by atoms with van der Waals surface area (Å²) >= 11 is 0. The maximum Gasteiger partial charge on any atom is 0.469 e. The van der Waals surface area contributed by atoms with Gasteiger partial charge in [0.05, 0.1) is 18.8 Å². The maximum atomic E-state index is 12.4. The topological polar surface area (TPSA) is 160 Å². The number of phosphoric ester groups is 1. The number of hydrogen-bond acceptors (Lipinski definition) is 8. The molecule has 296 valence electrons. The van der Waals surface area contributed by atoms with E-state index in [4.69, 9.17) is 19.3 Å². The van der Waals surface area contributed by atoms with Crippen LogP contribution in [0.15, 0.2) is 48.6 Å². The van der Waals surface area contributed by atoms with E-state index < -0.39 is 44.7 Å². The molecule has 4 atom stereocenters. The fraction of sp³-hybridized carbons (Fsp3) is 0.750. The molecule has 11 heteroatoms. The van der Waals surface area contributed by atoms with Gasteiger partial charge in [0.2, 0.25) is 0 Å². The summed E-state index contributed by atoms with van der Waals surface area (Å²) in [5.41, 5.74) is 0. The highest BCUT2D eigenvalue weighted by atomic mass is 31.2. The van der Waals surface area contributed by atoms with Crippen molar-refractivity contribution in [3.63, 3.8) is 0 Å². The van der Waals surface area contributed by atoms with E-state index in [-0.39, 0.29) is 25.9 Å². The number of phosphoric acid groups is 1. The second kappa shape index (κ2) is 33.7. The number of allylic oxidation sites excluding steroid dienone is 5. The van der Waals surface area contributed by atoms with E-state index in [1.165, 1.54) is 70.6 Å². The molecule has 0 radical (unpaired) electrons. The van der Waals surface area contributed by atoms with Crippen molar-refractivity contribution in [3.05, 3.63) is 48.6 Å². The Kier molecular flexibility index (Phi) is 32.4. The third-order valence-corrected chi connectivity index (χ3v) is 9.07. The molecule has 0 aromatic rings. The molecule has 10 nitrogen and oxygen atoms in total. The fourth-order valence-corrected chi connectivity index (χ4v) is 5.55. The molecule has 0 aliphatic carbocycles. The molecule has 0 heterocycles. The third kappa shape index (κ3) is 36.1. The Balaban J connectivity index is 4.26. The Morgan fingerprint density at radius 2 is 1.25 bits per heavy atom. The monoisotopic (exact) mass is 742 g/mol. The Morgan fingerprint density at radius 1 is 0.667 bits per heavy atom. The van der Waals surface area contributed by atoms with Crippen LogP contribution in [0.1, 0.15) is 156 Å². The van der Waals surface area contributed by atoms with Crippen LogP contribution in [0.2, 0.25) is 0 Å². The van der Waals surface area contributed by atoms with Crippen molar-refractivity contribution in [1.82, 2.24) is 0 Å². The van der Waals surface area contributed by atoms with Crippen molar-refractivity contribution >= 4 is 19.8 Å². The van der Waals surface area contributed by atoms with Crippen LogP contribution >= 0.6 is 7.82 Å². The van der Waals surface area contributed by atoms with E-state index >= 15 is 0 Å². The molecular weight excluding hydrogens is 671 g/mol. The lowest BCUT2D eigenvalue weighted by atomic mass is 9.99. The molecular formula is C40H71O10P. The summed E-state index contributed by atoms with van der Waals surface area (Å²) in [5.74, 6) is -0.292. The third-order valence-electron chi connectivity index (χ3n) is 8.58. The van der Waals surface area contributed by atoms with Gasteiger partial charge in [-0.1, -0.05) is 153 Å². The van der Waals surface area contributed by atoms with Gasteiger partial charge in [0.25, 0.3) is 0 Å². The molecule has 51 heavy (non-hydrogen) atoms. The van der Waals surface area contributed by atoms with Gasteiger partial charge in [-0.3, -0.25) is 14.1 Å². The maximum absolute atomic E-state index is 12.4. The standard InChI is InChI=1S/C40H71O10P/c1-4-6-7-8-16-21-27-36(41)28-22-18-19-23-29-37(42)30-25-32-40(44)50-38(34-49-51(45,46)47)33-48-39(43)31-24-17-14-12-10-9-11-13-15-20-26-35(3)5-2/h16,18-19,21-23,28-29,35-38,41-42H,4-15,17,20,24-27,30-34H2,1-3H3,(H2,45,46,47)/b19-18+,21-16-,28-22+,29-23-/t35?,36-,37-,38+/m0/s1. The van der Waals surface area contributed by atoms with Gasteiger partial charge in [0, 0.05) is 12.8 Å². The Bertz CT molecular complexity index is 1020. The van der Waals surface area contributed by atoms with Crippen molar-refractivity contribution in [2.24, 2.45) is 5.92 Å². The molecule has 0 aromatic heterocycles. The number of carbonyl (C=O) groups is 2. The largest absolute Gasteiger partial charge is 0.469 e. The summed E-state index contributed by atoms with van der Waals surface area (Å²) in [5, 5.41) is 20.2. The van der Waals surface area contributed by atoms with Crippen molar-refractivity contribution in [1.29, 1.82) is 0 Å². The zero-order valence-electron chi connectivity index (χ0n) is 31.9. The normalized spacial score (nSPS) is 14.9. The molecule has 0 amide bonds. The van der Waals surface area contributed by atoms with Crippen LogP contribution in [-0.4, -0.2) is 63.5 Å². The highest BCUT2D eigenvalue weighted by Gasteiger charge is 2.23. The van der Waals surface area contributed by atoms with Crippen LogP contribution in [0.25, 0.3) is 0 Å². The number of rotatable bonds is 34. The summed E-state index contributed by atoms with van der Waals surface area (Å²) in [4.78, 5) is 42.8. The second-order valence-corrected chi connectivity index (χ2v) is 14.8. The van der Waals surface area contributed by atoms with Gasteiger partial charge >= 0.3 is 19.8 Å². The number of unbranched alkanes of at least 4 members (excludes halogenated alkanes) is 12. The van der Waals surface area contributed by atoms with E-state index in [2.05, 4.69) is 31.4 Å². The lowest BCUT2D eigenvalue weighted by molar-refractivity contribution is -0.161. The Labute approximate surface area is 309 Å². The Morgan fingerprint density at radius 3 is 1.86 bits per heavy atom. The number of aliphatic hydroxyl groups excluding tert-OH is 2. The highest BCUT2D eigenvalue weighted by Crippen LogP contribution is 2.36. The lowest BCUT2D eigenvalue weighted by Crippen LogP contribution is -2.29. The quantitative estimate of drug-likeness (QED) is 0.0164. The molecule has 0 fully saturated rings. The van der Waals surface area contributed by atoms with Gasteiger partial charge in [0.15, 0.2) is 6.10 Å². The molecule has 4 N–H and O–H groups in total. The predicted molar refractivity (Wildman–Crippen MR) is 205 cm³/mol. The number of hydrogen-bond donors (Lipinski definition) is 4. The molecule has 0 aliphatic rings. The van der Waals surface area contributed by atoms with Crippen molar-refractivity contribution < 1.29 is 48.2 Å². The smallest absolute Gasteiger partial charge is 0.462 e. The lowest BCUT2D eigenvalue weighted by Gasteiger charge is -2.18. The molecule has 0 spiro atoms. The molecule has 1 unspecified atom stereocenters. The SMILES string of the molecule is CCCCC/C=C\C[C@H](O)/C=C/C=C/C=C\[C@H](O)CCCC(=O)O[C@H](COC(=O)CCCCCCCCCCCCC(C)CC)COP(=O)(O)O. The zero-order valence-corrected chi connectivity index (χ0v) is 32.8. The van der Waals surface area contributed by atoms with E-state index in [0.29, 0.717) is 19.3 Å². The highest BCUT2D eigenvalue weighted by molar-refractivity contribution is 7.46. The first-order chi connectivity index (χ1) is 24.5. The summed E-state index contributed by atoms with van der Waals surface area (Å²) in [6.07, 6.45) is 31.8. The van der Waals surface area contributed by atoms with Crippen LogP contribution in [-0.2, 0) is 28.2 Å². The van der Waals surface area contributed by atoms with E-state index in [1.54, 1.807) is 36.5 Å². The van der Waals surface area contributed by atoms with Crippen molar-refractivity contribution in [2.45, 2.75) is 174 Å². The Hall–Kier alpha value is -2.07. The van der Waals surface area contributed by atoms with Crippen molar-refractivity contribution in [3.8, 4) is 0 Å². The van der Waals surface area contributed by atoms with Crippen LogP contribution in [0, 0.1) is 5.92 Å². The average Bonchev–Trinajstić information content (AvgIpc) is 3.08. The summed E-state index contributed by atoms with van der Waals surface area (Å²) < 4.78 is 26.2. The molecule has 0 saturated heterocycles. The predicted octanol–water partition coefficient (Wildman–Crippen LogP) is 9.37. The molecule has 0 rings (SSSR count). The minimum Gasteiger partial charge on any atom is -0.462 e. The fourth-order valence-electron chi connectivity index (χ4n) is 5.19. The van der Waals surface area contributed by atoms with Gasteiger partial charge in [0.1, 0.15) is 6.61 Å². The van der Waals surface area contributed by atoms with E-state index in [1.807, 2.05) is 6.08 Å². The summed E-state index contributed by atoms with van der Waals surface area (Å²) in [6, 6.07) is 0. The van der Waals surface area contributed by atoms with Gasteiger partial charge in [-0.15, -0.1) is 0 Å². The zero-order chi connectivity index (χ0) is 38.0. The minimum absolute atomic E-state index is 0.0486. The second-order valence-electron chi connectivity index (χ2n) is 13.6. The van der Waals surface area contributed by atoms with Crippen LogP contribution < -0.4 is 0 Å². The molecule has 0 aliphatic heterocycles. The van der Waals surface area contributed by atoms with Crippen molar-refractivity contribution in [2.75, 3.05) is 13.2 Å². The molecule has 0 aromatic carbocycles. The first-order valence-electron chi connectivity index (χ1n) is 19.5. The summed E-state index contributed by atoms with van der Waals surface area (Å²) in [6.45, 7) is 5.74. The van der Waals surface area contributed by atoms with Gasteiger partial charge in [-0.05, 0) is 44.4 Å².